The summed E-state index contributed by atoms with van der Waals surface area (Å²) in [5, 5.41) is 17.6. The van der Waals surface area contributed by atoms with E-state index < -0.39 is 57.0 Å². The fourth-order valence-electron chi connectivity index (χ4n) is 6.67. The number of nitrogens with zero attached hydrogens (tertiary/aromatic N) is 10. The van der Waals surface area contributed by atoms with Gasteiger partial charge in [-0.25, -0.2) is 18.0 Å². The molecule has 0 aliphatic carbocycles. The van der Waals surface area contributed by atoms with Gasteiger partial charge in [-0.1, -0.05) is 10.2 Å². The first-order chi connectivity index (χ1) is 24.4. The Kier molecular flexibility index (Phi) is 11.8. The molecular formula is C24H34N11NaO14S2. The maximum absolute atomic E-state index is 12.5. The summed E-state index contributed by atoms with van der Waals surface area (Å²) in [5.41, 5.74) is 0. The van der Waals surface area contributed by atoms with Gasteiger partial charge in [0.1, 0.15) is 12.1 Å². The van der Waals surface area contributed by atoms with Gasteiger partial charge in [-0.2, -0.15) is 33.0 Å². The van der Waals surface area contributed by atoms with Gasteiger partial charge in [0.25, 0.3) is 0 Å². The van der Waals surface area contributed by atoms with E-state index in [0.29, 0.717) is 101 Å². The number of hydrogen-bond donors (Lipinski definition) is 1. The fourth-order valence-corrected chi connectivity index (χ4v) is 7.47. The van der Waals surface area contributed by atoms with E-state index in [0.717, 1.165) is 5.06 Å². The van der Waals surface area contributed by atoms with Crippen molar-refractivity contribution < 1.29 is 91.7 Å². The average Bonchev–Trinajstić information content (AvgIpc) is 3.92. The monoisotopic (exact) mass is 787 g/mol. The Morgan fingerprint density at radius 2 is 1.10 bits per heavy atom. The number of anilines is 2. The minimum atomic E-state index is -5.01. The van der Waals surface area contributed by atoms with Crippen LogP contribution in [0, 0.1) is 0 Å². The van der Waals surface area contributed by atoms with E-state index in [2.05, 4.69) is 39.1 Å². The molecule has 0 aromatic carbocycles. The molecule has 6 saturated heterocycles. The van der Waals surface area contributed by atoms with Crippen LogP contribution in [-0.2, 0) is 43.1 Å². The minimum absolute atomic E-state index is 0. The number of hydrogen-bond acceptors (Lipinski definition) is 21. The molecule has 6 aliphatic rings. The van der Waals surface area contributed by atoms with Crippen molar-refractivity contribution in [3.8, 4) is 0 Å². The molecule has 2 aromatic rings. The van der Waals surface area contributed by atoms with Crippen molar-refractivity contribution in [2.45, 2.75) is 49.9 Å². The van der Waals surface area contributed by atoms with Gasteiger partial charge < -0.3 is 42.5 Å². The van der Waals surface area contributed by atoms with E-state index in [4.69, 9.17) is 18.3 Å². The third-order valence-corrected chi connectivity index (χ3v) is 10.0. The van der Waals surface area contributed by atoms with E-state index in [1.807, 2.05) is 9.80 Å². The molecule has 282 valence electrons. The number of aromatic nitrogens is 4. The first-order valence-electron chi connectivity index (χ1n) is 15.9. The molecule has 8 rings (SSSR count). The van der Waals surface area contributed by atoms with Crippen LogP contribution in [0.25, 0.3) is 0 Å². The van der Waals surface area contributed by atoms with Crippen LogP contribution in [0.15, 0.2) is 8.83 Å². The number of morpholine rings is 2. The van der Waals surface area contributed by atoms with Crippen molar-refractivity contribution in [2.24, 2.45) is 5.90 Å². The van der Waals surface area contributed by atoms with Crippen LogP contribution in [0.2, 0.25) is 0 Å². The summed E-state index contributed by atoms with van der Waals surface area (Å²) in [6.07, 6.45) is 1.99. The number of carbonyl (C=O) groups excluding carboxylic acids is 2. The molecule has 4 amide bonds. The van der Waals surface area contributed by atoms with Crippen LogP contribution in [0.4, 0.5) is 21.6 Å². The van der Waals surface area contributed by atoms with Crippen LogP contribution >= 0.6 is 0 Å². The van der Waals surface area contributed by atoms with E-state index in [-0.39, 0.29) is 48.5 Å². The predicted molar refractivity (Wildman–Crippen MR) is 160 cm³/mol. The number of fused-ring (bicyclic) bond motifs is 4. The Balaban J connectivity index is 0.000000175. The molecular weight excluding hydrogens is 753 g/mol. The number of hydroxylamine groups is 4. The Labute approximate surface area is 318 Å². The van der Waals surface area contributed by atoms with E-state index in [1.54, 1.807) is 0 Å². The topological polar surface area (TPSA) is 295 Å². The van der Waals surface area contributed by atoms with Gasteiger partial charge in [-0.3, -0.25) is 0 Å². The summed E-state index contributed by atoms with van der Waals surface area (Å²) in [5.74, 6) is 5.23. The zero-order chi connectivity index (χ0) is 35.9. The van der Waals surface area contributed by atoms with Crippen LogP contribution in [0.1, 0.15) is 49.5 Å². The number of urea groups is 2. The molecule has 0 spiro atoms. The van der Waals surface area contributed by atoms with Crippen LogP contribution in [0.5, 0.6) is 0 Å². The molecule has 28 heteroatoms. The maximum Gasteiger partial charge on any atom is 1.00 e. The quantitative estimate of drug-likeness (QED) is 0.108. The van der Waals surface area contributed by atoms with Crippen molar-refractivity contribution in [3.63, 3.8) is 0 Å². The molecule has 4 bridgehead atoms. The molecule has 8 heterocycles. The summed E-state index contributed by atoms with van der Waals surface area (Å²) in [7, 11) is -9.49. The first-order valence-corrected chi connectivity index (χ1v) is 18.6. The zero-order valence-electron chi connectivity index (χ0n) is 27.8. The minimum Gasteiger partial charge on any atom is -0.724 e. The summed E-state index contributed by atoms with van der Waals surface area (Å²) in [6, 6.07) is -2.42. The van der Waals surface area contributed by atoms with Crippen LogP contribution in [-0.4, -0.2) is 152 Å². The van der Waals surface area contributed by atoms with Crippen LogP contribution in [0.3, 0.4) is 0 Å². The zero-order valence-corrected chi connectivity index (χ0v) is 31.4. The number of piperidine rings is 2. The molecule has 25 nitrogen and oxygen atoms in total. The summed E-state index contributed by atoms with van der Waals surface area (Å²) in [4.78, 5) is 31.5. The van der Waals surface area contributed by atoms with Gasteiger partial charge in [0.05, 0.1) is 38.5 Å². The number of carbonyl (C=O) groups is 2. The van der Waals surface area contributed by atoms with Gasteiger partial charge in [0.2, 0.25) is 22.2 Å². The number of ether oxygens (including phenoxy) is 2. The molecule has 0 saturated carbocycles. The molecule has 52 heavy (non-hydrogen) atoms. The Bertz CT molecular complexity index is 1810. The van der Waals surface area contributed by atoms with Crippen molar-refractivity contribution in [2.75, 3.05) is 75.5 Å². The van der Waals surface area contributed by atoms with Gasteiger partial charge in [0, 0.05) is 39.3 Å². The summed E-state index contributed by atoms with van der Waals surface area (Å²) >= 11 is 0. The van der Waals surface area contributed by atoms with Crippen molar-refractivity contribution in [1.82, 2.24) is 40.3 Å². The smallest absolute Gasteiger partial charge is 0.724 e. The van der Waals surface area contributed by atoms with E-state index >= 15 is 0 Å². The third kappa shape index (κ3) is 8.23. The molecule has 6 fully saturated rings. The predicted octanol–water partition coefficient (Wildman–Crippen LogP) is -4.84. The largest absolute Gasteiger partial charge is 1.00 e. The molecule has 2 N–H and O–H groups in total. The van der Waals surface area contributed by atoms with E-state index in [9.17, 15) is 31.0 Å². The van der Waals surface area contributed by atoms with E-state index in [1.165, 1.54) is 9.80 Å². The van der Waals surface area contributed by atoms with Crippen molar-refractivity contribution >= 4 is 44.9 Å². The molecule has 4 atom stereocenters. The Morgan fingerprint density at radius 3 is 1.50 bits per heavy atom. The maximum atomic E-state index is 12.5. The van der Waals surface area contributed by atoms with Crippen LogP contribution < -0.4 is 45.3 Å². The van der Waals surface area contributed by atoms with Crippen molar-refractivity contribution in [3.05, 3.63) is 11.8 Å². The summed E-state index contributed by atoms with van der Waals surface area (Å²) in [6.45, 7) is 5.39. The normalized spacial score (nSPS) is 26.4. The van der Waals surface area contributed by atoms with Gasteiger partial charge in [-0.15, -0.1) is 14.5 Å². The van der Waals surface area contributed by atoms with Gasteiger partial charge >= 0.3 is 64.0 Å². The SMILES string of the molecule is NOS(=O)(=O)ON1C(=O)N2C[C@H]1CC[C@H]2c1nnc(N2CCOCC2)o1.O=C1N2C[C@@H](CC[C@H]2c2nnc(N3CCOCC3)o2)N1OS(=O)(=O)[O-].[Na+]. The average molecular weight is 788 g/mol. The second-order valence-corrected chi connectivity index (χ2v) is 14.2. The number of amides is 4. The second-order valence-electron chi connectivity index (χ2n) is 12.1. The third-order valence-electron chi connectivity index (χ3n) is 9.10. The number of nitrogens with two attached hydrogens (primary N) is 1. The fraction of sp³-hybridized carbons (Fsp3) is 0.750. The molecule has 6 aliphatic heterocycles. The van der Waals surface area contributed by atoms with Crippen molar-refractivity contribution in [1.29, 1.82) is 0 Å². The molecule has 2 aromatic heterocycles. The Morgan fingerprint density at radius 1 is 0.673 bits per heavy atom. The summed E-state index contributed by atoms with van der Waals surface area (Å²) < 4.78 is 89.9. The molecule has 0 unspecified atom stereocenters. The Hall–Kier alpha value is -2.96. The van der Waals surface area contributed by atoms with Gasteiger partial charge in [-0.05, 0) is 25.7 Å². The van der Waals surface area contributed by atoms with Gasteiger partial charge in [0.15, 0.2) is 0 Å². The molecule has 0 radical (unpaired) electrons. The number of rotatable bonds is 9. The second kappa shape index (κ2) is 15.8. The standard InChI is InChI=1S/C12H18N6O7S.C12H17N5O7S.Na/c13-24-26(20,21)25-18-8-1-2-9(17(7-8)12(18)19)10-14-15-11(23-10)16-3-5-22-6-4-16;18-12-16-7-8(17(12)24-25(19,20)21)1-2-9(16)10-13-14-11(23-10)15-3-5-22-6-4-15;/h8-9H,1-7,13H2;8-9H,1-7H2,(H,19,20,21);/q;;+1/p-1/t2*8-,9+;/m11./s1. The first kappa shape index (κ1) is 38.8.